The van der Waals surface area contributed by atoms with Gasteiger partial charge in [0.2, 0.25) is 0 Å². The van der Waals surface area contributed by atoms with E-state index in [1.54, 1.807) is 11.3 Å². The van der Waals surface area contributed by atoms with E-state index in [0.717, 1.165) is 66.7 Å². The zero-order valence-corrected chi connectivity index (χ0v) is 18.6. The number of para-hydroxylation sites is 1. The zero-order valence-electron chi connectivity index (χ0n) is 16.3. The molecule has 4 rings (SSSR count). The number of rotatable bonds is 5. The number of hydrogen-bond acceptors (Lipinski definition) is 4. The SMILES string of the molecule is Cc1ccccc1N=c1scc(-c2ccc(Cl)c(Cl)c2)n1CCN1CCOCC1. The molecule has 29 heavy (non-hydrogen) atoms. The van der Waals surface area contributed by atoms with E-state index in [9.17, 15) is 0 Å². The molecule has 0 amide bonds. The number of aryl methyl sites for hydroxylation is 1. The molecule has 0 atom stereocenters. The molecule has 1 aliphatic rings. The highest BCUT2D eigenvalue weighted by atomic mass is 35.5. The molecule has 1 fully saturated rings. The number of halogens is 2. The highest BCUT2D eigenvalue weighted by Crippen LogP contribution is 2.29. The van der Waals surface area contributed by atoms with Crippen molar-refractivity contribution in [2.75, 3.05) is 32.8 Å². The molecule has 1 aromatic heterocycles. The Labute approximate surface area is 185 Å². The predicted octanol–water partition coefficient (Wildman–Crippen LogP) is 5.40. The molecule has 0 saturated carbocycles. The third-order valence-corrected chi connectivity index (χ3v) is 6.69. The average Bonchev–Trinajstić information content (AvgIpc) is 3.13. The summed E-state index contributed by atoms with van der Waals surface area (Å²) in [7, 11) is 0. The summed E-state index contributed by atoms with van der Waals surface area (Å²) in [6.45, 7) is 7.43. The highest BCUT2D eigenvalue weighted by Gasteiger charge is 2.14. The minimum Gasteiger partial charge on any atom is -0.379 e. The van der Waals surface area contributed by atoms with Crippen LogP contribution < -0.4 is 4.80 Å². The zero-order chi connectivity index (χ0) is 20.2. The van der Waals surface area contributed by atoms with Crippen molar-refractivity contribution in [3.8, 4) is 11.3 Å². The third kappa shape index (κ3) is 4.93. The van der Waals surface area contributed by atoms with E-state index >= 15 is 0 Å². The molecule has 0 aliphatic carbocycles. The maximum absolute atomic E-state index is 6.29. The summed E-state index contributed by atoms with van der Waals surface area (Å²) in [5.74, 6) is 0. The summed E-state index contributed by atoms with van der Waals surface area (Å²) in [6, 6.07) is 14.0. The summed E-state index contributed by atoms with van der Waals surface area (Å²) in [5, 5.41) is 3.28. The average molecular weight is 448 g/mol. The van der Waals surface area contributed by atoms with Crippen LogP contribution >= 0.6 is 34.5 Å². The van der Waals surface area contributed by atoms with Crippen LogP contribution in [0.1, 0.15) is 5.56 Å². The second kappa shape index (κ2) is 9.45. The lowest BCUT2D eigenvalue weighted by atomic mass is 10.2. The Balaban J connectivity index is 1.73. The van der Waals surface area contributed by atoms with Crippen LogP contribution in [0.5, 0.6) is 0 Å². The smallest absolute Gasteiger partial charge is 0.190 e. The topological polar surface area (TPSA) is 29.8 Å². The molecule has 4 nitrogen and oxygen atoms in total. The van der Waals surface area contributed by atoms with Gasteiger partial charge in [0.15, 0.2) is 4.80 Å². The van der Waals surface area contributed by atoms with E-state index in [0.29, 0.717) is 10.0 Å². The first-order valence-electron chi connectivity index (χ1n) is 9.66. The predicted molar refractivity (Wildman–Crippen MR) is 121 cm³/mol. The lowest BCUT2D eigenvalue weighted by Gasteiger charge is -2.26. The largest absolute Gasteiger partial charge is 0.379 e. The number of thiazole rings is 1. The van der Waals surface area contributed by atoms with Crippen LogP contribution in [-0.2, 0) is 11.3 Å². The Morgan fingerprint density at radius 2 is 1.83 bits per heavy atom. The minimum atomic E-state index is 0.562. The van der Waals surface area contributed by atoms with Crippen LogP contribution in [0.4, 0.5) is 5.69 Å². The van der Waals surface area contributed by atoms with Gasteiger partial charge in [0.05, 0.1) is 34.6 Å². The van der Waals surface area contributed by atoms with Crippen LogP contribution in [0, 0.1) is 6.92 Å². The molecule has 0 unspecified atom stereocenters. The maximum Gasteiger partial charge on any atom is 0.190 e. The normalized spacial score (nSPS) is 15.8. The fourth-order valence-electron chi connectivity index (χ4n) is 3.38. The van der Waals surface area contributed by atoms with Crippen molar-refractivity contribution in [3.05, 3.63) is 68.3 Å². The number of nitrogens with zero attached hydrogens (tertiary/aromatic N) is 3. The van der Waals surface area contributed by atoms with Crippen molar-refractivity contribution in [2.45, 2.75) is 13.5 Å². The van der Waals surface area contributed by atoms with Gasteiger partial charge in [0.25, 0.3) is 0 Å². The number of morpholine rings is 1. The Hall–Kier alpha value is -1.63. The number of benzene rings is 2. The summed E-state index contributed by atoms with van der Waals surface area (Å²) in [5.41, 5.74) is 4.31. The molecule has 1 saturated heterocycles. The van der Waals surface area contributed by atoms with Gasteiger partial charge < -0.3 is 9.30 Å². The van der Waals surface area contributed by atoms with Gasteiger partial charge in [-0.15, -0.1) is 11.3 Å². The van der Waals surface area contributed by atoms with E-state index in [-0.39, 0.29) is 0 Å². The first-order valence-corrected chi connectivity index (χ1v) is 11.3. The van der Waals surface area contributed by atoms with Crippen molar-refractivity contribution >= 4 is 40.2 Å². The van der Waals surface area contributed by atoms with Gasteiger partial charge in [0, 0.05) is 37.1 Å². The van der Waals surface area contributed by atoms with Gasteiger partial charge in [-0.05, 0) is 30.7 Å². The Morgan fingerprint density at radius 3 is 2.59 bits per heavy atom. The molecule has 2 aromatic carbocycles. The van der Waals surface area contributed by atoms with E-state index in [1.807, 2.05) is 30.3 Å². The van der Waals surface area contributed by atoms with E-state index in [4.69, 9.17) is 32.9 Å². The second-order valence-corrected chi connectivity index (χ2v) is 8.69. The van der Waals surface area contributed by atoms with Crippen LogP contribution in [0.15, 0.2) is 52.8 Å². The quantitative estimate of drug-likeness (QED) is 0.524. The van der Waals surface area contributed by atoms with Crippen LogP contribution in [0.3, 0.4) is 0 Å². The summed E-state index contributed by atoms with van der Waals surface area (Å²) in [4.78, 5) is 8.38. The fraction of sp³-hybridized carbons (Fsp3) is 0.318. The van der Waals surface area contributed by atoms with E-state index in [2.05, 4.69) is 33.9 Å². The summed E-state index contributed by atoms with van der Waals surface area (Å²) >= 11 is 14.1. The van der Waals surface area contributed by atoms with Gasteiger partial charge >= 0.3 is 0 Å². The number of ether oxygens (including phenoxy) is 1. The molecular weight excluding hydrogens is 425 g/mol. The van der Waals surface area contributed by atoms with Gasteiger partial charge in [-0.1, -0.05) is 47.5 Å². The second-order valence-electron chi connectivity index (χ2n) is 7.04. The Kier molecular flexibility index (Phi) is 6.73. The molecule has 0 spiro atoms. The van der Waals surface area contributed by atoms with E-state index in [1.165, 1.54) is 0 Å². The minimum absolute atomic E-state index is 0.562. The monoisotopic (exact) mass is 447 g/mol. The maximum atomic E-state index is 6.29. The van der Waals surface area contributed by atoms with Gasteiger partial charge in [-0.25, -0.2) is 4.99 Å². The number of aromatic nitrogens is 1. The summed E-state index contributed by atoms with van der Waals surface area (Å²) in [6.07, 6.45) is 0. The standard InChI is InChI=1S/C22H23Cl2N3OS/c1-16-4-2-3-5-20(16)25-22-27(9-8-26-10-12-28-13-11-26)21(15-29-22)17-6-7-18(23)19(24)14-17/h2-7,14-15H,8-13H2,1H3. The molecule has 7 heteroatoms. The first kappa shape index (κ1) is 20.6. The van der Waals surface area contributed by atoms with Gasteiger partial charge in [-0.2, -0.15) is 0 Å². The third-order valence-electron chi connectivity index (χ3n) is 5.09. The molecule has 3 aromatic rings. The molecular formula is C22H23Cl2N3OS. The molecule has 2 heterocycles. The molecule has 152 valence electrons. The van der Waals surface area contributed by atoms with Crippen molar-refractivity contribution in [2.24, 2.45) is 4.99 Å². The fourth-order valence-corrected chi connectivity index (χ4v) is 4.63. The first-order chi connectivity index (χ1) is 14.1. The molecule has 0 radical (unpaired) electrons. The van der Waals surface area contributed by atoms with Crippen molar-refractivity contribution < 1.29 is 4.74 Å². The molecule has 0 bridgehead atoms. The lowest BCUT2D eigenvalue weighted by Crippen LogP contribution is -2.39. The van der Waals surface area contributed by atoms with Crippen molar-refractivity contribution in [1.82, 2.24) is 9.47 Å². The summed E-state index contributed by atoms with van der Waals surface area (Å²) < 4.78 is 7.76. The number of hydrogen-bond donors (Lipinski definition) is 0. The Bertz CT molecular complexity index is 1050. The van der Waals surface area contributed by atoms with Crippen LogP contribution in [0.25, 0.3) is 11.3 Å². The Morgan fingerprint density at radius 1 is 1.03 bits per heavy atom. The molecule has 1 aliphatic heterocycles. The van der Waals surface area contributed by atoms with Gasteiger partial charge in [-0.3, -0.25) is 4.90 Å². The van der Waals surface area contributed by atoms with Crippen molar-refractivity contribution in [1.29, 1.82) is 0 Å². The van der Waals surface area contributed by atoms with Gasteiger partial charge in [0.1, 0.15) is 0 Å². The van der Waals surface area contributed by atoms with E-state index < -0.39 is 0 Å². The molecule has 0 N–H and O–H groups in total. The lowest BCUT2D eigenvalue weighted by molar-refractivity contribution is 0.0363. The van der Waals surface area contributed by atoms with Crippen LogP contribution in [0.2, 0.25) is 10.0 Å². The van der Waals surface area contributed by atoms with Crippen molar-refractivity contribution in [3.63, 3.8) is 0 Å². The highest BCUT2D eigenvalue weighted by molar-refractivity contribution is 7.07. The van der Waals surface area contributed by atoms with Crippen LogP contribution in [-0.4, -0.2) is 42.3 Å².